The molecule has 1 aromatic carbocycles. The molecule has 3 rings (SSSR count). The Morgan fingerprint density at radius 3 is 2.50 bits per heavy atom. The van der Waals surface area contributed by atoms with Crippen LogP contribution in [-0.2, 0) is 17.8 Å². The highest BCUT2D eigenvalue weighted by Crippen LogP contribution is 2.53. The number of likely N-dealkylation sites (tertiary alicyclic amines) is 1. The van der Waals surface area contributed by atoms with Gasteiger partial charge in [0, 0.05) is 23.3 Å². The minimum Gasteiger partial charge on any atom is -0.598 e. The monoisotopic (exact) mass is 376 g/mol. The van der Waals surface area contributed by atoms with Crippen molar-refractivity contribution in [3.63, 3.8) is 0 Å². The van der Waals surface area contributed by atoms with Gasteiger partial charge in [-0.15, -0.1) is 4.72 Å². The van der Waals surface area contributed by atoms with Crippen molar-refractivity contribution in [2.75, 3.05) is 19.6 Å². The Morgan fingerprint density at radius 1 is 1.27 bits per heavy atom. The zero-order valence-corrected chi connectivity index (χ0v) is 18.2. The predicted molar refractivity (Wildman–Crippen MR) is 112 cm³/mol. The summed E-state index contributed by atoms with van der Waals surface area (Å²) in [4.78, 5) is 2.61. The van der Waals surface area contributed by atoms with Gasteiger partial charge in [0.2, 0.25) is 0 Å². The van der Waals surface area contributed by atoms with Gasteiger partial charge in [-0.25, -0.2) is 0 Å². The molecule has 1 saturated heterocycles. The van der Waals surface area contributed by atoms with Gasteiger partial charge in [-0.1, -0.05) is 32.0 Å². The highest BCUT2D eigenvalue weighted by Gasteiger charge is 2.50. The number of hydrogen-bond acceptors (Lipinski definition) is 3. The number of piperidine rings is 1. The van der Waals surface area contributed by atoms with E-state index >= 15 is 0 Å². The van der Waals surface area contributed by atoms with Gasteiger partial charge in [0.05, 0.1) is 6.04 Å². The van der Waals surface area contributed by atoms with Crippen LogP contribution in [0.25, 0.3) is 0 Å². The highest BCUT2D eigenvalue weighted by atomic mass is 32.2. The van der Waals surface area contributed by atoms with E-state index in [4.69, 9.17) is 0 Å². The van der Waals surface area contributed by atoms with Crippen molar-refractivity contribution in [1.82, 2.24) is 9.62 Å². The molecule has 3 nitrogen and oxygen atoms in total. The first-order valence-corrected chi connectivity index (χ1v) is 11.3. The first-order valence-electron chi connectivity index (χ1n) is 10.1. The standard InChI is InChI=1S/C22H36N2OS/c1-16(2)15-24-12-10-22(11-13-24)14-19-17(3)8-7-9-18(19)20(22)23-26(25)21(4,5)6/h7-9,16,20,23H,10-15H2,1-6H3/t20-,26?/m1/s1. The third-order valence-corrected chi connectivity index (χ3v) is 7.72. The summed E-state index contributed by atoms with van der Waals surface area (Å²) in [5.74, 6) is 0.717. The number of benzene rings is 1. The molecule has 1 N–H and O–H groups in total. The minimum atomic E-state index is -1.05. The van der Waals surface area contributed by atoms with Gasteiger partial charge < -0.3 is 9.45 Å². The summed E-state index contributed by atoms with van der Waals surface area (Å²) in [6.45, 7) is 16.5. The molecular formula is C22H36N2OS. The Morgan fingerprint density at radius 2 is 1.92 bits per heavy atom. The highest BCUT2D eigenvalue weighted by molar-refractivity contribution is 7.90. The van der Waals surface area contributed by atoms with Crippen molar-refractivity contribution in [2.24, 2.45) is 11.3 Å². The summed E-state index contributed by atoms with van der Waals surface area (Å²) in [7, 11) is 0. The lowest BCUT2D eigenvalue weighted by Gasteiger charge is -2.44. The van der Waals surface area contributed by atoms with Crippen molar-refractivity contribution >= 4 is 11.4 Å². The molecule has 2 atom stereocenters. The van der Waals surface area contributed by atoms with Crippen molar-refractivity contribution in [2.45, 2.75) is 71.6 Å². The van der Waals surface area contributed by atoms with E-state index in [0.717, 1.165) is 25.4 Å². The Bertz CT molecular complexity index is 630. The van der Waals surface area contributed by atoms with Crippen LogP contribution in [-0.4, -0.2) is 33.8 Å². The van der Waals surface area contributed by atoms with Crippen LogP contribution < -0.4 is 4.72 Å². The second-order valence-electron chi connectivity index (χ2n) is 9.81. The van der Waals surface area contributed by atoms with E-state index in [0.29, 0.717) is 0 Å². The topological polar surface area (TPSA) is 38.3 Å². The van der Waals surface area contributed by atoms with Crippen molar-refractivity contribution < 1.29 is 4.55 Å². The molecule has 2 aliphatic rings. The Labute approximate surface area is 163 Å². The molecule has 0 aromatic heterocycles. The van der Waals surface area contributed by atoms with Crippen LogP contribution in [0.3, 0.4) is 0 Å². The third kappa shape index (κ3) is 3.99. The maximum absolute atomic E-state index is 12.9. The smallest absolute Gasteiger partial charge is 0.136 e. The van der Waals surface area contributed by atoms with Crippen molar-refractivity contribution in [1.29, 1.82) is 0 Å². The van der Waals surface area contributed by atoms with Crippen LogP contribution in [0, 0.1) is 18.3 Å². The Kier molecular flexibility index (Phi) is 5.79. The second kappa shape index (κ2) is 7.46. The van der Waals surface area contributed by atoms with E-state index in [1.165, 1.54) is 36.1 Å². The zero-order chi connectivity index (χ0) is 19.1. The fraction of sp³-hybridized carbons (Fsp3) is 0.727. The minimum absolute atomic E-state index is 0.207. The number of rotatable bonds is 4. The predicted octanol–water partition coefficient (Wildman–Crippen LogP) is 4.38. The van der Waals surface area contributed by atoms with Crippen LogP contribution in [0.2, 0.25) is 0 Å². The van der Waals surface area contributed by atoms with Gasteiger partial charge in [0.1, 0.15) is 4.75 Å². The lowest BCUT2D eigenvalue weighted by atomic mass is 9.73. The molecule has 0 saturated carbocycles. The average molecular weight is 377 g/mol. The lowest BCUT2D eigenvalue weighted by molar-refractivity contribution is 0.0772. The number of hydrogen-bond donors (Lipinski definition) is 1. The lowest BCUT2D eigenvalue weighted by Crippen LogP contribution is -2.50. The quantitative estimate of drug-likeness (QED) is 0.793. The number of nitrogens with zero attached hydrogens (tertiary/aromatic N) is 1. The molecule has 4 heteroatoms. The molecule has 0 radical (unpaired) electrons. The number of nitrogens with one attached hydrogen (secondary N) is 1. The SMILES string of the molecule is Cc1cccc2c1CC1(CCN(CC(C)C)CC1)[C@@H]2N[S+]([O-])C(C)(C)C. The molecule has 146 valence electrons. The molecule has 0 bridgehead atoms. The molecule has 1 aromatic rings. The molecule has 1 spiro atoms. The summed E-state index contributed by atoms with van der Waals surface area (Å²) < 4.78 is 16.3. The molecular weight excluding hydrogens is 340 g/mol. The summed E-state index contributed by atoms with van der Waals surface area (Å²) in [5.41, 5.74) is 4.48. The fourth-order valence-electron chi connectivity index (χ4n) is 4.66. The molecule has 0 amide bonds. The van der Waals surface area contributed by atoms with Gasteiger partial charge in [0.25, 0.3) is 0 Å². The second-order valence-corrected chi connectivity index (χ2v) is 11.8. The summed E-state index contributed by atoms with van der Waals surface area (Å²) in [5, 5.41) is 0. The molecule has 1 fully saturated rings. The number of fused-ring (bicyclic) bond motifs is 1. The average Bonchev–Trinajstić information content (AvgIpc) is 2.84. The zero-order valence-electron chi connectivity index (χ0n) is 17.4. The summed E-state index contributed by atoms with van der Waals surface area (Å²) in [6, 6.07) is 6.85. The van der Waals surface area contributed by atoms with Crippen LogP contribution in [0.1, 0.15) is 70.2 Å². The maximum atomic E-state index is 12.9. The van der Waals surface area contributed by atoms with E-state index in [2.05, 4.69) is 69.4 Å². The largest absolute Gasteiger partial charge is 0.598 e. The molecule has 1 aliphatic carbocycles. The molecule has 26 heavy (non-hydrogen) atoms. The third-order valence-electron chi connectivity index (χ3n) is 6.15. The Hall–Kier alpha value is -0.550. The molecule has 1 aliphatic heterocycles. The number of aryl methyl sites for hydroxylation is 1. The summed E-state index contributed by atoms with van der Waals surface area (Å²) in [6.07, 6.45) is 3.50. The van der Waals surface area contributed by atoms with Crippen LogP contribution in [0.15, 0.2) is 18.2 Å². The van der Waals surface area contributed by atoms with Gasteiger partial charge in [-0.2, -0.15) is 0 Å². The van der Waals surface area contributed by atoms with Gasteiger partial charge in [0.15, 0.2) is 0 Å². The van der Waals surface area contributed by atoms with E-state index < -0.39 is 11.4 Å². The molecule has 1 heterocycles. The van der Waals surface area contributed by atoms with Crippen molar-refractivity contribution in [3.8, 4) is 0 Å². The van der Waals surface area contributed by atoms with E-state index in [9.17, 15) is 4.55 Å². The first-order chi connectivity index (χ1) is 12.1. The van der Waals surface area contributed by atoms with Crippen molar-refractivity contribution in [3.05, 3.63) is 34.9 Å². The van der Waals surface area contributed by atoms with Gasteiger partial charge in [-0.05, 0) is 82.7 Å². The van der Waals surface area contributed by atoms with E-state index in [-0.39, 0.29) is 16.2 Å². The van der Waals surface area contributed by atoms with Crippen LogP contribution >= 0.6 is 0 Å². The van der Waals surface area contributed by atoms with Crippen LogP contribution in [0.4, 0.5) is 0 Å². The molecule has 1 unspecified atom stereocenters. The van der Waals surface area contributed by atoms with Crippen LogP contribution in [0.5, 0.6) is 0 Å². The summed E-state index contributed by atoms with van der Waals surface area (Å²) >= 11 is -1.05. The normalized spacial score (nSPS) is 24.2. The van der Waals surface area contributed by atoms with Gasteiger partial charge in [-0.3, -0.25) is 0 Å². The Balaban J connectivity index is 1.86. The van der Waals surface area contributed by atoms with E-state index in [1.54, 1.807) is 0 Å². The fourth-order valence-corrected chi connectivity index (χ4v) is 5.60. The first kappa shape index (κ1) is 20.2. The van der Waals surface area contributed by atoms with Gasteiger partial charge >= 0.3 is 0 Å². The van der Waals surface area contributed by atoms with E-state index in [1.807, 2.05) is 0 Å². The maximum Gasteiger partial charge on any atom is 0.136 e.